The normalized spacial score (nSPS) is 19.3. The largest absolute Gasteiger partial charge is 0.497 e. The van der Waals surface area contributed by atoms with Crippen molar-refractivity contribution in [3.63, 3.8) is 0 Å². The first-order valence-electron chi connectivity index (χ1n) is 9.47. The molecule has 0 fully saturated rings. The topological polar surface area (TPSA) is 56.8 Å². The predicted molar refractivity (Wildman–Crippen MR) is 108 cm³/mol. The smallest absolute Gasteiger partial charge is 0.283 e. The van der Waals surface area contributed by atoms with Gasteiger partial charge in [-0.3, -0.25) is 0 Å². The van der Waals surface area contributed by atoms with Crippen LogP contribution in [0.3, 0.4) is 0 Å². The van der Waals surface area contributed by atoms with E-state index in [0.29, 0.717) is 6.61 Å². The summed E-state index contributed by atoms with van der Waals surface area (Å²) in [4.78, 5) is 4.71. The molecule has 0 radical (unpaired) electrons. The van der Waals surface area contributed by atoms with Crippen LogP contribution in [0.2, 0.25) is 0 Å². The maximum atomic E-state index is 5.87. The maximum absolute atomic E-state index is 5.87. The Kier molecular flexibility index (Phi) is 6.67. The van der Waals surface area contributed by atoms with Crippen molar-refractivity contribution in [2.24, 2.45) is 10.7 Å². The zero-order chi connectivity index (χ0) is 19.2. The molecule has 0 bridgehead atoms. The number of fused-ring (bicyclic) bond motifs is 4. The van der Waals surface area contributed by atoms with Crippen LogP contribution in [0.1, 0.15) is 49.9 Å². The van der Waals surface area contributed by atoms with E-state index in [4.69, 9.17) is 20.2 Å². The molecule has 0 amide bonds. The maximum Gasteiger partial charge on any atom is 0.283 e. The molecule has 0 saturated heterocycles. The first-order chi connectivity index (χ1) is 12.7. The van der Waals surface area contributed by atoms with Crippen LogP contribution in [-0.4, -0.2) is 19.7 Å². The van der Waals surface area contributed by atoms with Gasteiger partial charge in [-0.1, -0.05) is 58.0 Å². The van der Waals surface area contributed by atoms with E-state index < -0.39 is 5.54 Å². The van der Waals surface area contributed by atoms with E-state index in [1.165, 1.54) is 16.7 Å². The van der Waals surface area contributed by atoms with Gasteiger partial charge in [-0.25, -0.2) is 4.99 Å². The molecular formula is C22H30N2O2. The minimum atomic E-state index is -0.555. The van der Waals surface area contributed by atoms with Crippen molar-refractivity contribution in [2.75, 3.05) is 13.7 Å². The van der Waals surface area contributed by atoms with Gasteiger partial charge < -0.3 is 15.2 Å². The van der Waals surface area contributed by atoms with Crippen LogP contribution in [0.15, 0.2) is 47.5 Å². The van der Waals surface area contributed by atoms with E-state index in [1.807, 2.05) is 33.8 Å². The number of amidine groups is 1. The molecule has 2 aromatic carbocycles. The Hall–Kier alpha value is -2.49. The van der Waals surface area contributed by atoms with Crippen molar-refractivity contribution in [1.82, 2.24) is 0 Å². The van der Waals surface area contributed by atoms with Gasteiger partial charge in [0.15, 0.2) is 5.54 Å². The Morgan fingerprint density at radius 2 is 1.62 bits per heavy atom. The number of nitrogens with zero attached hydrogens (tertiary/aromatic N) is 1. The summed E-state index contributed by atoms with van der Waals surface area (Å²) in [7, 11) is 1.68. The fourth-order valence-electron chi connectivity index (χ4n) is 3.55. The van der Waals surface area contributed by atoms with Gasteiger partial charge in [0.2, 0.25) is 0 Å². The second-order valence-corrected chi connectivity index (χ2v) is 5.78. The monoisotopic (exact) mass is 354 g/mol. The van der Waals surface area contributed by atoms with E-state index in [9.17, 15) is 0 Å². The summed E-state index contributed by atoms with van der Waals surface area (Å²) in [5.41, 5.74) is 10.2. The molecule has 4 rings (SSSR count). The molecule has 2 aromatic rings. The fourth-order valence-corrected chi connectivity index (χ4v) is 3.55. The summed E-state index contributed by atoms with van der Waals surface area (Å²) < 4.78 is 11.0. The van der Waals surface area contributed by atoms with Crippen LogP contribution >= 0.6 is 0 Å². The summed E-state index contributed by atoms with van der Waals surface area (Å²) in [5.74, 6) is 0.832. The lowest BCUT2D eigenvalue weighted by Crippen LogP contribution is -2.28. The average Bonchev–Trinajstić information content (AvgIpc) is 3.06. The lowest BCUT2D eigenvalue weighted by molar-refractivity contribution is 0.277. The summed E-state index contributed by atoms with van der Waals surface area (Å²) >= 11 is 0. The summed E-state index contributed by atoms with van der Waals surface area (Å²) in [5, 5.41) is 0. The molecule has 2 aliphatic rings. The molecular weight excluding hydrogens is 324 g/mol. The van der Waals surface area contributed by atoms with Crippen LogP contribution in [0, 0.1) is 0 Å². The second-order valence-electron chi connectivity index (χ2n) is 5.78. The highest BCUT2D eigenvalue weighted by atomic mass is 16.5. The SMILES string of the molecule is CC.CC.COc1ccc2c(c1)C1(COC(N)=N1)c1ccccc1CC2. The molecule has 4 nitrogen and oxygen atoms in total. The number of hydrogen-bond acceptors (Lipinski definition) is 4. The Labute approximate surface area is 157 Å². The molecule has 1 aliphatic carbocycles. The quantitative estimate of drug-likeness (QED) is 0.824. The fraction of sp³-hybridized carbons (Fsp3) is 0.409. The van der Waals surface area contributed by atoms with Gasteiger partial charge in [0, 0.05) is 0 Å². The minimum Gasteiger partial charge on any atom is -0.497 e. The lowest BCUT2D eigenvalue weighted by atomic mass is 9.81. The molecule has 1 aliphatic heterocycles. The van der Waals surface area contributed by atoms with Crippen molar-refractivity contribution in [1.29, 1.82) is 0 Å². The van der Waals surface area contributed by atoms with Crippen molar-refractivity contribution in [3.8, 4) is 5.75 Å². The van der Waals surface area contributed by atoms with E-state index >= 15 is 0 Å². The molecule has 140 valence electrons. The van der Waals surface area contributed by atoms with E-state index in [1.54, 1.807) is 7.11 Å². The highest BCUT2D eigenvalue weighted by molar-refractivity contribution is 5.76. The third kappa shape index (κ3) is 3.41. The Balaban J connectivity index is 0.000000570. The van der Waals surface area contributed by atoms with Crippen molar-refractivity contribution < 1.29 is 9.47 Å². The van der Waals surface area contributed by atoms with Crippen molar-refractivity contribution in [2.45, 2.75) is 46.1 Å². The highest BCUT2D eigenvalue weighted by Crippen LogP contribution is 2.44. The molecule has 2 N–H and O–H groups in total. The molecule has 1 atom stereocenters. The number of aryl methyl sites for hydroxylation is 2. The molecule has 26 heavy (non-hydrogen) atoms. The third-order valence-corrected chi connectivity index (χ3v) is 4.62. The molecule has 0 aromatic heterocycles. The molecule has 1 heterocycles. The van der Waals surface area contributed by atoms with Gasteiger partial charge in [-0.05, 0) is 47.2 Å². The van der Waals surface area contributed by atoms with E-state index in [2.05, 4.69) is 36.4 Å². The van der Waals surface area contributed by atoms with Crippen LogP contribution in [-0.2, 0) is 23.1 Å². The Bertz CT molecular complexity index is 770. The van der Waals surface area contributed by atoms with Gasteiger partial charge in [0.25, 0.3) is 6.02 Å². The predicted octanol–water partition coefficient (Wildman–Crippen LogP) is 4.43. The molecule has 1 spiro atoms. The Morgan fingerprint density at radius 3 is 2.23 bits per heavy atom. The van der Waals surface area contributed by atoms with Gasteiger partial charge >= 0.3 is 0 Å². The summed E-state index contributed by atoms with van der Waals surface area (Å²) in [6, 6.07) is 14.9. The molecule has 1 unspecified atom stereocenters. The first kappa shape index (κ1) is 19.8. The van der Waals surface area contributed by atoms with Crippen molar-refractivity contribution >= 4 is 6.02 Å². The standard InChI is InChI=1S/C18H18N2O2.2C2H6/c1-21-14-9-8-13-7-6-12-4-2-3-5-15(12)18(16(13)10-14)11-22-17(19)20-18;2*1-2/h2-5,8-10H,6-7,11H2,1H3,(H2,19,20);2*1-2H3. The number of hydrogen-bond donors (Lipinski definition) is 1. The van der Waals surface area contributed by atoms with Crippen LogP contribution in [0.5, 0.6) is 5.75 Å². The number of ether oxygens (including phenoxy) is 2. The Morgan fingerprint density at radius 1 is 0.962 bits per heavy atom. The number of methoxy groups -OCH3 is 1. The second kappa shape index (κ2) is 8.75. The van der Waals surface area contributed by atoms with Gasteiger partial charge in [0.1, 0.15) is 12.4 Å². The van der Waals surface area contributed by atoms with Gasteiger partial charge in [-0.15, -0.1) is 0 Å². The summed E-state index contributed by atoms with van der Waals surface area (Å²) in [6.07, 6.45) is 1.97. The van der Waals surface area contributed by atoms with Crippen LogP contribution in [0.4, 0.5) is 0 Å². The average molecular weight is 354 g/mol. The summed E-state index contributed by atoms with van der Waals surface area (Å²) in [6.45, 7) is 8.44. The van der Waals surface area contributed by atoms with Gasteiger partial charge in [-0.2, -0.15) is 0 Å². The number of aliphatic imine (C=N–C) groups is 1. The number of rotatable bonds is 1. The third-order valence-electron chi connectivity index (χ3n) is 4.62. The molecule has 4 heteroatoms. The highest BCUT2D eigenvalue weighted by Gasteiger charge is 2.44. The van der Waals surface area contributed by atoms with E-state index in [-0.39, 0.29) is 6.02 Å². The van der Waals surface area contributed by atoms with Crippen LogP contribution < -0.4 is 10.5 Å². The lowest BCUT2D eigenvalue weighted by Gasteiger charge is -2.27. The molecule has 0 saturated carbocycles. The zero-order valence-electron chi connectivity index (χ0n) is 16.5. The zero-order valence-corrected chi connectivity index (χ0v) is 16.5. The van der Waals surface area contributed by atoms with Crippen LogP contribution in [0.25, 0.3) is 0 Å². The minimum absolute atomic E-state index is 0.255. The van der Waals surface area contributed by atoms with Gasteiger partial charge in [0.05, 0.1) is 7.11 Å². The number of nitrogens with two attached hydrogens (primary N) is 1. The van der Waals surface area contributed by atoms with E-state index in [0.717, 1.165) is 24.2 Å². The first-order valence-corrected chi connectivity index (χ1v) is 9.47. The van der Waals surface area contributed by atoms with Crippen molar-refractivity contribution in [3.05, 3.63) is 64.7 Å². The number of benzene rings is 2.